The predicted molar refractivity (Wildman–Crippen MR) is 66.6 cm³/mol. The number of nitrogens with two attached hydrogens (primary N) is 1. The topological polar surface area (TPSA) is 114 Å². The fourth-order valence-corrected chi connectivity index (χ4v) is 1.41. The number of furan rings is 1. The highest BCUT2D eigenvalue weighted by Crippen LogP contribution is 2.02. The molecule has 7 heteroatoms. The summed E-state index contributed by atoms with van der Waals surface area (Å²) in [6.45, 7) is 0.287. The minimum atomic E-state index is -0.331. The molecule has 4 N–H and O–H groups in total. The number of oxime groups is 1. The molecule has 1 amide bonds. The molecule has 19 heavy (non-hydrogen) atoms. The average molecular weight is 260 g/mol. The van der Waals surface area contributed by atoms with Crippen LogP contribution in [0, 0.1) is 0 Å². The number of hydrogen-bond donors (Lipinski definition) is 3. The van der Waals surface area contributed by atoms with Crippen LogP contribution in [-0.4, -0.2) is 21.9 Å². The third-order valence-corrected chi connectivity index (χ3v) is 2.40. The summed E-state index contributed by atoms with van der Waals surface area (Å²) >= 11 is 0. The van der Waals surface area contributed by atoms with Gasteiger partial charge >= 0.3 is 0 Å². The molecular weight excluding hydrogens is 248 g/mol. The Morgan fingerprint density at radius 2 is 2.32 bits per heavy atom. The van der Waals surface area contributed by atoms with Crippen LogP contribution in [-0.2, 0) is 6.54 Å². The molecule has 2 aromatic heterocycles. The van der Waals surface area contributed by atoms with Gasteiger partial charge in [0, 0.05) is 11.8 Å². The van der Waals surface area contributed by atoms with Crippen molar-refractivity contribution in [1.82, 2.24) is 10.3 Å². The first-order valence-electron chi connectivity index (χ1n) is 5.45. The van der Waals surface area contributed by atoms with Crippen molar-refractivity contribution < 1.29 is 14.4 Å². The lowest BCUT2D eigenvalue weighted by Gasteiger charge is -2.03. The first kappa shape index (κ1) is 12.6. The van der Waals surface area contributed by atoms with E-state index in [1.807, 2.05) is 0 Å². The SMILES string of the molecule is NC(=NO)c1ccc(C(=O)NCc2ccco2)nc1. The largest absolute Gasteiger partial charge is 0.467 e. The predicted octanol–water partition coefficient (Wildman–Crippen LogP) is 0.699. The minimum absolute atomic E-state index is 0.0601. The van der Waals surface area contributed by atoms with Crippen LogP contribution in [0.5, 0.6) is 0 Å². The van der Waals surface area contributed by atoms with Gasteiger partial charge in [0.2, 0.25) is 0 Å². The number of nitrogens with zero attached hydrogens (tertiary/aromatic N) is 2. The van der Waals surface area contributed by atoms with E-state index in [0.29, 0.717) is 11.3 Å². The third-order valence-electron chi connectivity index (χ3n) is 2.40. The molecule has 0 atom stereocenters. The molecule has 0 aliphatic heterocycles. The summed E-state index contributed by atoms with van der Waals surface area (Å²) in [7, 11) is 0. The smallest absolute Gasteiger partial charge is 0.270 e. The summed E-state index contributed by atoms with van der Waals surface area (Å²) in [4.78, 5) is 15.7. The van der Waals surface area contributed by atoms with Crippen LogP contribution in [0.15, 0.2) is 46.3 Å². The third kappa shape index (κ3) is 3.09. The summed E-state index contributed by atoms with van der Waals surface area (Å²) in [5.74, 6) is 0.263. The maximum atomic E-state index is 11.8. The lowest BCUT2D eigenvalue weighted by Crippen LogP contribution is -2.24. The Balaban J connectivity index is 1.99. The molecule has 0 fully saturated rings. The normalized spacial score (nSPS) is 11.3. The number of carbonyl (C=O) groups excluding carboxylic acids is 1. The number of hydrogen-bond acceptors (Lipinski definition) is 5. The van der Waals surface area contributed by atoms with Gasteiger partial charge in [-0.3, -0.25) is 9.78 Å². The van der Waals surface area contributed by atoms with Crippen molar-refractivity contribution >= 4 is 11.7 Å². The van der Waals surface area contributed by atoms with Crippen LogP contribution in [0.25, 0.3) is 0 Å². The van der Waals surface area contributed by atoms with Crippen LogP contribution in [0.3, 0.4) is 0 Å². The number of pyridine rings is 1. The quantitative estimate of drug-likeness (QED) is 0.324. The highest BCUT2D eigenvalue weighted by Gasteiger charge is 2.08. The van der Waals surface area contributed by atoms with Gasteiger partial charge in [-0.15, -0.1) is 0 Å². The Labute approximate surface area is 108 Å². The van der Waals surface area contributed by atoms with E-state index in [2.05, 4.69) is 15.5 Å². The summed E-state index contributed by atoms with van der Waals surface area (Å²) in [6, 6.07) is 6.54. The van der Waals surface area contributed by atoms with Gasteiger partial charge in [0.1, 0.15) is 11.5 Å². The van der Waals surface area contributed by atoms with Gasteiger partial charge in [-0.25, -0.2) is 0 Å². The van der Waals surface area contributed by atoms with Gasteiger partial charge in [-0.1, -0.05) is 5.16 Å². The highest BCUT2D eigenvalue weighted by atomic mass is 16.4. The van der Waals surface area contributed by atoms with Crippen molar-refractivity contribution in [3.63, 3.8) is 0 Å². The fraction of sp³-hybridized carbons (Fsp3) is 0.0833. The van der Waals surface area contributed by atoms with E-state index in [0.717, 1.165) is 0 Å². The Bertz CT molecular complexity index is 576. The number of carbonyl (C=O) groups is 1. The lowest BCUT2D eigenvalue weighted by atomic mass is 10.2. The zero-order valence-corrected chi connectivity index (χ0v) is 9.91. The van der Waals surface area contributed by atoms with Crippen LogP contribution in [0.2, 0.25) is 0 Å². The average Bonchev–Trinajstić information content (AvgIpc) is 2.97. The van der Waals surface area contributed by atoms with Gasteiger partial charge in [-0.2, -0.15) is 0 Å². The molecule has 0 aromatic carbocycles. The van der Waals surface area contributed by atoms with Crippen LogP contribution >= 0.6 is 0 Å². The number of amides is 1. The molecular formula is C12H12N4O3. The van der Waals surface area contributed by atoms with Crippen molar-refractivity contribution in [2.45, 2.75) is 6.54 Å². The Morgan fingerprint density at radius 1 is 1.47 bits per heavy atom. The molecule has 0 saturated carbocycles. The Hall–Kier alpha value is -2.83. The molecule has 0 radical (unpaired) electrons. The minimum Gasteiger partial charge on any atom is -0.467 e. The van der Waals surface area contributed by atoms with Crippen molar-refractivity contribution in [1.29, 1.82) is 0 Å². The maximum absolute atomic E-state index is 11.8. The second-order valence-corrected chi connectivity index (χ2v) is 3.68. The van der Waals surface area contributed by atoms with E-state index in [-0.39, 0.29) is 24.0 Å². The molecule has 2 heterocycles. The standard InChI is InChI=1S/C12H12N4O3/c13-11(16-18)8-3-4-10(14-6-8)12(17)15-7-9-2-1-5-19-9/h1-6,18H,7H2,(H2,13,16)(H,15,17). The molecule has 7 nitrogen and oxygen atoms in total. The lowest BCUT2D eigenvalue weighted by molar-refractivity contribution is 0.0943. The Kier molecular flexibility index (Phi) is 3.77. The van der Waals surface area contributed by atoms with Crippen LogP contribution in [0.1, 0.15) is 21.8 Å². The van der Waals surface area contributed by atoms with Crippen LogP contribution < -0.4 is 11.1 Å². The molecule has 0 saturated heterocycles. The zero-order chi connectivity index (χ0) is 13.7. The summed E-state index contributed by atoms with van der Waals surface area (Å²) in [5, 5.41) is 14.0. The number of nitrogens with one attached hydrogen (secondary N) is 1. The van der Waals surface area contributed by atoms with Gasteiger partial charge in [0.15, 0.2) is 5.84 Å². The fourth-order valence-electron chi connectivity index (χ4n) is 1.41. The van der Waals surface area contributed by atoms with E-state index in [9.17, 15) is 4.79 Å². The zero-order valence-electron chi connectivity index (χ0n) is 9.91. The number of amidine groups is 1. The second kappa shape index (κ2) is 5.67. The van der Waals surface area contributed by atoms with Gasteiger partial charge < -0.3 is 20.7 Å². The molecule has 98 valence electrons. The monoisotopic (exact) mass is 260 g/mol. The first-order valence-corrected chi connectivity index (χ1v) is 5.45. The van der Waals surface area contributed by atoms with E-state index >= 15 is 0 Å². The highest BCUT2D eigenvalue weighted by molar-refractivity contribution is 5.98. The van der Waals surface area contributed by atoms with Crippen molar-refractivity contribution in [2.24, 2.45) is 10.9 Å². The van der Waals surface area contributed by atoms with E-state index < -0.39 is 0 Å². The molecule has 2 rings (SSSR count). The van der Waals surface area contributed by atoms with E-state index in [1.165, 1.54) is 18.5 Å². The van der Waals surface area contributed by atoms with Gasteiger partial charge in [0.25, 0.3) is 5.91 Å². The molecule has 2 aromatic rings. The molecule has 0 unspecified atom stereocenters. The maximum Gasteiger partial charge on any atom is 0.270 e. The van der Waals surface area contributed by atoms with Crippen molar-refractivity contribution in [3.8, 4) is 0 Å². The first-order chi connectivity index (χ1) is 9.20. The summed E-state index contributed by atoms with van der Waals surface area (Å²) in [5.41, 5.74) is 6.06. The van der Waals surface area contributed by atoms with Crippen molar-refractivity contribution in [3.05, 3.63) is 53.7 Å². The molecule has 0 aliphatic rings. The Morgan fingerprint density at radius 3 is 2.89 bits per heavy atom. The van der Waals surface area contributed by atoms with E-state index in [4.69, 9.17) is 15.4 Å². The number of aromatic nitrogens is 1. The number of rotatable bonds is 4. The molecule has 0 spiro atoms. The van der Waals surface area contributed by atoms with Crippen LogP contribution in [0.4, 0.5) is 0 Å². The summed E-state index contributed by atoms with van der Waals surface area (Å²) in [6.07, 6.45) is 2.89. The molecule has 0 aliphatic carbocycles. The van der Waals surface area contributed by atoms with E-state index in [1.54, 1.807) is 18.2 Å². The van der Waals surface area contributed by atoms with Gasteiger partial charge in [0.05, 0.1) is 12.8 Å². The molecule has 0 bridgehead atoms. The van der Waals surface area contributed by atoms with Crippen molar-refractivity contribution in [2.75, 3.05) is 0 Å². The second-order valence-electron chi connectivity index (χ2n) is 3.68. The van der Waals surface area contributed by atoms with Gasteiger partial charge in [-0.05, 0) is 24.3 Å². The summed E-state index contributed by atoms with van der Waals surface area (Å²) < 4.78 is 5.09.